The molecule has 0 aromatic carbocycles. The van der Waals surface area contributed by atoms with Crippen LogP contribution in [-0.2, 0) is 11.2 Å². The molecule has 0 unspecified atom stereocenters. The number of imidazole rings is 1. The molecule has 0 bridgehead atoms. The van der Waals surface area contributed by atoms with Crippen molar-refractivity contribution in [1.29, 1.82) is 0 Å². The predicted molar refractivity (Wildman–Crippen MR) is 59.9 cm³/mol. The van der Waals surface area contributed by atoms with Crippen molar-refractivity contribution in [2.75, 3.05) is 0 Å². The van der Waals surface area contributed by atoms with E-state index in [0.29, 0.717) is 12.1 Å². The molecule has 2 heterocycles. The fraction of sp³-hybridized carbons (Fsp3) is 0.455. The van der Waals surface area contributed by atoms with Crippen molar-refractivity contribution < 1.29 is 4.79 Å². The van der Waals surface area contributed by atoms with Crippen LogP contribution < -0.4 is 0 Å². The van der Waals surface area contributed by atoms with Gasteiger partial charge in [-0.25, -0.2) is 15.0 Å². The number of unbranched alkanes of at least 4 members (excludes halogenated alkanes) is 1. The first-order chi connectivity index (χ1) is 7.75. The summed E-state index contributed by atoms with van der Waals surface area (Å²) in [5.41, 5.74) is 1.56. The number of nitrogens with one attached hydrogen (secondary N) is 1. The van der Waals surface area contributed by atoms with E-state index >= 15 is 0 Å². The summed E-state index contributed by atoms with van der Waals surface area (Å²) in [6.07, 6.45) is 6.64. The zero-order valence-electron chi connectivity index (χ0n) is 9.23. The van der Waals surface area contributed by atoms with E-state index in [9.17, 15) is 4.79 Å². The first-order valence-corrected chi connectivity index (χ1v) is 5.40. The third kappa shape index (κ3) is 2.62. The van der Waals surface area contributed by atoms with E-state index in [1.165, 1.54) is 0 Å². The van der Waals surface area contributed by atoms with Crippen molar-refractivity contribution in [2.45, 2.75) is 32.6 Å². The maximum absolute atomic E-state index is 10.7. The minimum absolute atomic E-state index is 0.240. The van der Waals surface area contributed by atoms with Gasteiger partial charge in [0.2, 0.25) is 0 Å². The van der Waals surface area contributed by atoms with Crippen molar-refractivity contribution in [2.24, 2.45) is 0 Å². The minimum Gasteiger partial charge on any atom is -0.342 e. The molecule has 1 N–H and O–H groups in total. The smallest absolute Gasteiger partial charge is 0.180 e. The Kier molecular flexibility index (Phi) is 3.24. The molecule has 2 aromatic rings. The van der Waals surface area contributed by atoms with Crippen molar-refractivity contribution in [1.82, 2.24) is 19.9 Å². The van der Waals surface area contributed by atoms with Gasteiger partial charge in [0, 0.05) is 12.8 Å². The lowest BCUT2D eigenvalue weighted by Gasteiger charge is -1.98. The van der Waals surface area contributed by atoms with E-state index in [1.54, 1.807) is 19.4 Å². The number of aromatic amines is 1. The summed E-state index contributed by atoms with van der Waals surface area (Å²) in [4.78, 5) is 26.3. The normalized spacial score (nSPS) is 10.8. The summed E-state index contributed by atoms with van der Waals surface area (Å²) in [6, 6.07) is 0. The average Bonchev–Trinajstić information content (AvgIpc) is 2.71. The summed E-state index contributed by atoms with van der Waals surface area (Å²) in [5.74, 6) is 1.03. The zero-order valence-corrected chi connectivity index (χ0v) is 9.23. The molecule has 0 aliphatic carbocycles. The highest BCUT2D eigenvalue weighted by atomic mass is 16.1. The van der Waals surface area contributed by atoms with Crippen LogP contribution in [0.3, 0.4) is 0 Å². The molecular weight excluding hydrogens is 204 g/mol. The molecule has 0 fully saturated rings. The van der Waals surface area contributed by atoms with Crippen molar-refractivity contribution in [3.8, 4) is 0 Å². The molecular formula is C11H14N4O. The topological polar surface area (TPSA) is 71.5 Å². The van der Waals surface area contributed by atoms with Crippen LogP contribution in [0, 0.1) is 0 Å². The third-order valence-electron chi connectivity index (χ3n) is 2.40. The van der Waals surface area contributed by atoms with Crippen LogP contribution >= 0.6 is 0 Å². The Morgan fingerprint density at radius 2 is 2.25 bits per heavy atom. The van der Waals surface area contributed by atoms with Crippen LogP contribution in [-0.4, -0.2) is 25.7 Å². The van der Waals surface area contributed by atoms with Gasteiger partial charge in [0.25, 0.3) is 0 Å². The fourth-order valence-electron chi connectivity index (χ4n) is 1.55. The molecule has 2 aromatic heterocycles. The van der Waals surface area contributed by atoms with E-state index in [-0.39, 0.29) is 5.78 Å². The van der Waals surface area contributed by atoms with Crippen LogP contribution in [0.5, 0.6) is 0 Å². The second-order valence-corrected chi connectivity index (χ2v) is 3.84. The van der Waals surface area contributed by atoms with E-state index in [2.05, 4.69) is 19.9 Å². The van der Waals surface area contributed by atoms with Gasteiger partial charge >= 0.3 is 0 Å². The number of nitrogens with zero attached hydrogens (tertiary/aromatic N) is 3. The summed E-state index contributed by atoms with van der Waals surface area (Å²) in [7, 11) is 0. The third-order valence-corrected chi connectivity index (χ3v) is 2.40. The number of carbonyl (C=O) groups is 1. The predicted octanol–water partition coefficient (Wildman–Crippen LogP) is 1.65. The van der Waals surface area contributed by atoms with Crippen LogP contribution in [0.1, 0.15) is 32.0 Å². The maximum atomic E-state index is 10.7. The summed E-state index contributed by atoms with van der Waals surface area (Å²) in [5, 5.41) is 0. The molecule has 0 aliphatic rings. The van der Waals surface area contributed by atoms with Gasteiger partial charge in [-0.3, -0.25) is 0 Å². The number of Topliss-reactive ketones (excluding diaryl/α,β-unsaturated/α-hetero) is 1. The highest BCUT2D eigenvalue weighted by molar-refractivity contribution is 5.75. The first kappa shape index (κ1) is 10.7. The molecule has 0 atom stereocenters. The monoisotopic (exact) mass is 218 g/mol. The van der Waals surface area contributed by atoms with Crippen molar-refractivity contribution in [3.63, 3.8) is 0 Å². The number of ketones is 1. The SMILES string of the molecule is CC(=O)CCCCc1ncc2[nH]cnc2n1. The van der Waals surface area contributed by atoms with Gasteiger partial charge in [-0.05, 0) is 19.8 Å². The lowest BCUT2D eigenvalue weighted by Crippen LogP contribution is -1.96. The summed E-state index contributed by atoms with van der Waals surface area (Å²) >= 11 is 0. The number of hydrogen-bond donors (Lipinski definition) is 1. The van der Waals surface area contributed by atoms with Crippen molar-refractivity contribution in [3.05, 3.63) is 18.3 Å². The Morgan fingerprint density at radius 3 is 3.06 bits per heavy atom. The van der Waals surface area contributed by atoms with Gasteiger partial charge in [0.15, 0.2) is 5.65 Å². The second-order valence-electron chi connectivity index (χ2n) is 3.84. The Bertz CT molecular complexity index is 491. The molecule has 84 valence electrons. The van der Waals surface area contributed by atoms with E-state index < -0.39 is 0 Å². The van der Waals surface area contributed by atoms with E-state index in [4.69, 9.17) is 0 Å². The number of fused-ring (bicyclic) bond motifs is 1. The van der Waals surface area contributed by atoms with Gasteiger partial charge in [-0.2, -0.15) is 0 Å². The maximum Gasteiger partial charge on any atom is 0.180 e. The molecule has 0 radical (unpaired) electrons. The Hall–Kier alpha value is -1.78. The van der Waals surface area contributed by atoms with Crippen LogP contribution in [0.4, 0.5) is 0 Å². The van der Waals surface area contributed by atoms with Gasteiger partial charge in [-0.1, -0.05) is 0 Å². The Morgan fingerprint density at radius 1 is 1.38 bits per heavy atom. The second kappa shape index (κ2) is 4.83. The Labute approximate surface area is 93.3 Å². The number of H-pyrrole nitrogens is 1. The lowest BCUT2D eigenvalue weighted by atomic mass is 10.1. The number of aryl methyl sites for hydroxylation is 1. The fourth-order valence-corrected chi connectivity index (χ4v) is 1.55. The molecule has 0 amide bonds. The van der Waals surface area contributed by atoms with Crippen LogP contribution in [0.25, 0.3) is 11.2 Å². The van der Waals surface area contributed by atoms with Gasteiger partial charge in [0.05, 0.1) is 12.5 Å². The van der Waals surface area contributed by atoms with E-state index in [1.807, 2.05) is 0 Å². The Balaban J connectivity index is 1.91. The lowest BCUT2D eigenvalue weighted by molar-refractivity contribution is -0.117. The highest BCUT2D eigenvalue weighted by Gasteiger charge is 2.02. The number of rotatable bonds is 5. The van der Waals surface area contributed by atoms with Gasteiger partial charge < -0.3 is 9.78 Å². The standard InChI is InChI=1S/C11H14N4O/c1-8(16)4-2-3-5-10-12-6-9-11(15-10)14-7-13-9/h6-7H,2-5H2,1H3,(H,12,13,14,15). The summed E-state index contributed by atoms with van der Waals surface area (Å²) < 4.78 is 0. The largest absolute Gasteiger partial charge is 0.342 e. The highest BCUT2D eigenvalue weighted by Crippen LogP contribution is 2.07. The summed E-state index contributed by atoms with van der Waals surface area (Å²) in [6.45, 7) is 1.62. The van der Waals surface area contributed by atoms with Crippen LogP contribution in [0.15, 0.2) is 12.5 Å². The molecule has 0 saturated carbocycles. The van der Waals surface area contributed by atoms with Crippen molar-refractivity contribution >= 4 is 16.9 Å². The molecule has 0 saturated heterocycles. The molecule has 5 heteroatoms. The number of hydrogen-bond acceptors (Lipinski definition) is 4. The quantitative estimate of drug-likeness (QED) is 0.774. The van der Waals surface area contributed by atoms with Gasteiger partial charge in [0.1, 0.15) is 17.1 Å². The van der Waals surface area contributed by atoms with E-state index in [0.717, 1.165) is 30.6 Å². The molecule has 2 rings (SSSR count). The van der Waals surface area contributed by atoms with Crippen LogP contribution in [0.2, 0.25) is 0 Å². The minimum atomic E-state index is 0.240. The molecule has 0 spiro atoms. The zero-order chi connectivity index (χ0) is 11.4. The molecule has 16 heavy (non-hydrogen) atoms. The number of carbonyl (C=O) groups excluding carboxylic acids is 1. The average molecular weight is 218 g/mol. The molecule has 5 nitrogen and oxygen atoms in total. The number of aromatic nitrogens is 4. The molecule has 0 aliphatic heterocycles. The van der Waals surface area contributed by atoms with Gasteiger partial charge in [-0.15, -0.1) is 0 Å². The first-order valence-electron chi connectivity index (χ1n) is 5.40.